The Balaban J connectivity index is 3.02. The van der Waals surface area contributed by atoms with Crippen LogP contribution < -0.4 is 10.5 Å². The van der Waals surface area contributed by atoms with E-state index in [0.717, 1.165) is 0 Å². The normalized spacial score (nSPS) is 9.79. The number of nitrogens with two attached hydrogens (primary N) is 1. The monoisotopic (exact) mass is 198 g/mol. The summed E-state index contributed by atoms with van der Waals surface area (Å²) in [5.74, 6) is 0.0732. The van der Waals surface area contributed by atoms with E-state index in [0.29, 0.717) is 0 Å². The quantitative estimate of drug-likeness (QED) is 0.418. The van der Waals surface area contributed by atoms with Crippen LogP contribution in [0.1, 0.15) is 0 Å². The zero-order valence-corrected chi connectivity index (χ0v) is 7.34. The Morgan fingerprint density at radius 1 is 1.57 bits per heavy atom. The molecule has 0 radical (unpaired) electrons. The van der Waals surface area contributed by atoms with Crippen LogP contribution in [-0.2, 0) is 0 Å². The highest BCUT2D eigenvalue weighted by Crippen LogP contribution is 2.32. The zero-order chi connectivity index (χ0) is 10.6. The largest absolute Gasteiger partial charge is 0.484 e. The van der Waals surface area contributed by atoms with Crippen LogP contribution in [-0.4, -0.2) is 23.2 Å². The number of nitro groups is 1. The molecule has 0 saturated heterocycles. The van der Waals surface area contributed by atoms with E-state index in [1.54, 1.807) is 6.07 Å². The van der Waals surface area contributed by atoms with Crippen molar-refractivity contribution in [1.29, 1.82) is 0 Å². The van der Waals surface area contributed by atoms with E-state index in [-0.39, 0.29) is 30.3 Å². The summed E-state index contributed by atoms with van der Waals surface area (Å²) >= 11 is 0. The second-order valence-corrected chi connectivity index (χ2v) is 2.52. The molecule has 1 aromatic rings. The highest BCUT2D eigenvalue weighted by molar-refractivity contribution is 5.65. The van der Waals surface area contributed by atoms with Crippen molar-refractivity contribution in [3.8, 4) is 5.75 Å². The number of nitrogens with zero attached hydrogens (tertiary/aromatic N) is 1. The molecule has 0 heterocycles. The number of aliphatic hydroxyl groups is 1. The molecule has 6 nitrogen and oxygen atoms in total. The number of hydrogen-bond acceptors (Lipinski definition) is 5. The highest BCUT2D eigenvalue weighted by atomic mass is 16.6. The molecule has 76 valence electrons. The third-order valence-electron chi connectivity index (χ3n) is 1.56. The van der Waals surface area contributed by atoms with Crippen molar-refractivity contribution in [3.63, 3.8) is 0 Å². The Hall–Kier alpha value is -1.82. The maximum absolute atomic E-state index is 10.6. The number of rotatable bonds is 4. The van der Waals surface area contributed by atoms with Gasteiger partial charge in [0.1, 0.15) is 12.3 Å². The SMILES string of the molecule is Nc1cccc(OCCO)c1[N+](=O)[O-]. The first kappa shape index (κ1) is 10.3. The maximum atomic E-state index is 10.6. The molecule has 0 aromatic heterocycles. The Bertz CT molecular complexity index is 340. The Morgan fingerprint density at radius 3 is 2.86 bits per heavy atom. The number of ether oxygens (including phenoxy) is 1. The summed E-state index contributed by atoms with van der Waals surface area (Å²) in [6.45, 7) is -0.198. The fourth-order valence-corrected chi connectivity index (χ4v) is 1.01. The first-order chi connectivity index (χ1) is 6.66. The molecule has 0 unspecified atom stereocenters. The summed E-state index contributed by atoms with van der Waals surface area (Å²) in [5, 5.41) is 19.1. The van der Waals surface area contributed by atoms with E-state index < -0.39 is 4.92 Å². The molecule has 1 rings (SSSR count). The number of nitro benzene ring substituents is 1. The van der Waals surface area contributed by atoms with Gasteiger partial charge in [0.25, 0.3) is 0 Å². The average molecular weight is 198 g/mol. The Morgan fingerprint density at radius 2 is 2.29 bits per heavy atom. The number of benzene rings is 1. The number of hydrogen-bond donors (Lipinski definition) is 2. The molecule has 0 atom stereocenters. The van der Waals surface area contributed by atoms with E-state index in [1.165, 1.54) is 12.1 Å². The van der Waals surface area contributed by atoms with Gasteiger partial charge in [-0.15, -0.1) is 0 Å². The molecular formula is C8H10N2O4. The van der Waals surface area contributed by atoms with Gasteiger partial charge in [0.15, 0.2) is 5.75 Å². The van der Waals surface area contributed by atoms with Gasteiger partial charge in [-0.3, -0.25) is 10.1 Å². The lowest BCUT2D eigenvalue weighted by Gasteiger charge is -2.05. The van der Waals surface area contributed by atoms with Gasteiger partial charge in [0.2, 0.25) is 0 Å². The summed E-state index contributed by atoms with van der Waals surface area (Å²) < 4.78 is 4.96. The topological polar surface area (TPSA) is 98.6 Å². The lowest BCUT2D eigenvalue weighted by atomic mass is 10.2. The molecule has 14 heavy (non-hydrogen) atoms. The van der Waals surface area contributed by atoms with E-state index >= 15 is 0 Å². The van der Waals surface area contributed by atoms with Gasteiger partial charge in [0, 0.05) is 0 Å². The molecule has 0 amide bonds. The lowest BCUT2D eigenvalue weighted by molar-refractivity contribution is -0.384. The smallest absolute Gasteiger partial charge is 0.333 e. The first-order valence-electron chi connectivity index (χ1n) is 3.93. The molecule has 0 bridgehead atoms. The molecule has 6 heteroatoms. The predicted molar refractivity (Wildman–Crippen MR) is 50.1 cm³/mol. The van der Waals surface area contributed by atoms with Crippen LogP contribution in [0, 0.1) is 10.1 Å². The minimum absolute atomic E-state index is 0.00426. The molecule has 0 aliphatic heterocycles. The summed E-state index contributed by atoms with van der Waals surface area (Å²) in [7, 11) is 0. The zero-order valence-electron chi connectivity index (χ0n) is 7.34. The predicted octanol–water partition coefficient (Wildman–Crippen LogP) is 0.548. The van der Waals surface area contributed by atoms with Crippen LogP contribution in [0.2, 0.25) is 0 Å². The van der Waals surface area contributed by atoms with Crippen molar-refractivity contribution >= 4 is 11.4 Å². The van der Waals surface area contributed by atoms with Gasteiger partial charge in [-0.2, -0.15) is 0 Å². The minimum Gasteiger partial charge on any atom is -0.484 e. The fraction of sp³-hybridized carbons (Fsp3) is 0.250. The maximum Gasteiger partial charge on any atom is 0.333 e. The molecule has 0 aliphatic carbocycles. The van der Waals surface area contributed by atoms with Crippen molar-refractivity contribution in [2.24, 2.45) is 0 Å². The first-order valence-corrected chi connectivity index (χ1v) is 3.93. The van der Waals surface area contributed by atoms with Crippen LogP contribution in [0.25, 0.3) is 0 Å². The molecule has 0 fully saturated rings. The second-order valence-electron chi connectivity index (χ2n) is 2.52. The van der Waals surface area contributed by atoms with E-state index in [4.69, 9.17) is 15.6 Å². The minimum atomic E-state index is -0.609. The van der Waals surface area contributed by atoms with Gasteiger partial charge in [-0.1, -0.05) is 6.07 Å². The average Bonchev–Trinajstić information content (AvgIpc) is 2.14. The Kier molecular flexibility index (Phi) is 3.24. The number of anilines is 1. The molecule has 3 N–H and O–H groups in total. The van der Waals surface area contributed by atoms with E-state index in [1.807, 2.05) is 0 Å². The van der Waals surface area contributed by atoms with Gasteiger partial charge in [-0.05, 0) is 12.1 Å². The molecule has 0 saturated carbocycles. The lowest BCUT2D eigenvalue weighted by Crippen LogP contribution is -2.05. The van der Waals surface area contributed by atoms with Crippen LogP contribution in [0.15, 0.2) is 18.2 Å². The van der Waals surface area contributed by atoms with Gasteiger partial charge in [-0.25, -0.2) is 0 Å². The summed E-state index contributed by atoms with van der Waals surface area (Å²) in [5.41, 5.74) is 5.19. The van der Waals surface area contributed by atoms with Crippen molar-refractivity contribution < 1.29 is 14.8 Å². The standard InChI is InChI=1S/C8H10N2O4/c9-6-2-1-3-7(14-5-4-11)8(6)10(12)13/h1-3,11H,4-5,9H2. The second kappa shape index (κ2) is 4.43. The van der Waals surface area contributed by atoms with Crippen molar-refractivity contribution in [2.75, 3.05) is 18.9 Å². The molecule has 1 aromatic carbocycles. The van der Waals surface area contributed by atoms with E-state index in [2.05, 4.69) is 0 Å². The molecular weight excluding hydrogens is 188 g/mol. The summed E-state index contributed by atoms with van der Waals surface area (Å²) in [6, 6.07) is 4.41. The van der Waals surface area contributed by atoms with Gasteiger partial charge >= 0.3 is 5.69 Å². The van der Waals surface area contributed by atoms with Crippen LogP contribution >= 0.6 is 0 Å². The highest BCUT2D eigenvalue weighted by Gasteiger charge is 2.18. The summed E-state index contributed by atoms with van der Waals surface area (Å²) in [4.78, 5) is 9.98. The fourth-order valence-electron chi connectivity index (χ4n) is 1.01. The van der Waals surface area contributed by atoms with Crippen LogP contribution in [0.5, 0.6) is 5.75 Å². The van der Waals surface area contributed by atoms with Crippen LogP contribution in [0.3, 0.4) is 0 Å². The molecule has 0 spiro atoms. The number of nitrogen functional groups attached to an aromatic ring is 1. The third kappa shape index (κ3) is 2.11. The number of aliphatic hydroxyl groups excluding tert-OH is 1. The van der Waals surface area contributed by atoms with Gasteiger partial charge in [0.05, 0.1) is 11.5 Å². The number of para-hydroxylation sites is 1. The third-order valence-corrected chi connectivity index (χ3v) is 1.56. The van der Waals surface area contributed by atoms with Crippen LogP contribution in [0.4, 0.5) is 11.4 Å². The molecule has 0 aliphatic rings. The Labute approximate surface area is 80.1 Å². The van der Waals surface area contributed by atoms with Crippen molar-refractivity contribution in [1.82, 2.24) is 0 Å². The van der Waals surface area contributed by atoms with Gasteiger partial charge < -0.3 is 15.6 Å². The summed E-state index contributed by atoms with van der Waals surface area (Å²) in [6.07, 6.45) is 0. The van der Waals surface area contributed by atoms with E-state index in [9.17, 15) is 10.1 Å². The van der Waals surface area contributed by atoms with Crippen molar-refractivity contribution in [3.05, 3.63) is 28.3 Å². The van der Waals surface area contributed by atoms with Crippen molar-refractivity contribution in [2.45, 2.75) is 0 Å².